The Kier molecular flexibility index (Phi) is 9.05. The number of aliphatic hydroxyl groups excluding tert-OH is 1. The molecular weight excluding hydrogens is 581 g/mol. The van der Waals surface area contributed by atoms with Crippen molar-refractivity contribution >= 4 is 53.2 Å². The number of benzene rings is 1. The normalized spacial score (nSPS) is 11.9. The van der Waals surface area contributed by atoms with Crippen molar-refractivity contribution in [3.63, 3.8) is 0 Å². The molecule has 5 aromatic rings. The van der Waals surface area contributed by atoms with Crippen molar-refractivity contribution < 1.29 is 19.3 Å². The van der Waals surface area contributed by atoms with Crippen molar-refractivity contribution in [2.45, 2.75) is 39.0 Å². The molecule has 0 aliphatic carbocycles. The number of hydrogen-bond donors (Lipinski definition) is 1. The highest BCUT2D eigenvalue weighted by molar-refractivity contribution is 6.76. The Morgan fingerprint density at radius 3 is 2.59 bits per heavy atom. The van der Waals surface area contributed by atoms with Gasteiger partial charge in [0, 0.05) is 44.1 Å². The Hall–Kier alpha value is -3.28. The molecule has 0 spiro atoms. The lowest BCUT2D eigenvalue weighted by molar-refractivity contribution is 0.0899. The number of aliphatic hydroxyl groups is 1. The van der Waals surface area contributed by atoms with Crippen LogP contribution in [0, 0.1) is 0 Å². The molecule has 0 aliphatic heterocycles. The number of fused-ring (bicyclic) bond motifs is 2. The minimum absolute atomic E-state index is 0.0693. The fourth-order valence-corrected chi connectivity index (χ4v) is 5.50. The minimum Gasteiger partial charge on any atom is -0.488 e. The number of rotatable bonds is 12. The maximum atomic E-state index is 9.27. The van der Waals surface area contributed by atoms with Gasteiger partial charge >= 0.3 is 0 Å². The number of pyridine rings is 2. The highest BCUT2D eigenvalue weighted by Gasteiger charge is 2.18. The van der Waals surface area contributed by atoms with Gasteiger partial charge in [0.1, 0.15) is 36.5 Å². The van der Waals surface area contributed by atoms with Crippen LogP contribution in [0.4, 0.5) is 0 Å². The van der Waals surface area contributed by atoms with Gasteiger partial charge in [-0.3, -0.25) is 4.98 Å². The molecule has 4 heterocycles. The van der Waals surface area contributed by atoms with Crippen molar-refractivity contribution in [1.29, 1.82) is 0 Å². The maximum Gasteiger partial charge on any atom is 0.225 e. The summed E-state index contributed by atoms with van der Waals surface area (Å²) in [6.45, 7) is 8.50. The summed E-state index contributed by atoms with van der Waals surface area (Å²) in [6, 6.07) is 12.4. The lowest BCUT2D eigenvalue weighted by atomic mass is 10.0. The molecule has 0 bridgehead atoms. The third-order valence-electron chi connectivity index (χ3n) is 6.42. The van der Waals surface area contributed by atoms with Crippen LogP contribution in [0.1, 0.15) is 5.56 Å². The Balaban J connectivity index is 1.35. The van der Waals surface area contributed by atoms with E-state index in [0.717, 1.165) is 33.6 Å². The molecule has 9 nitrogen and oxygen atoms in total. The summed E-state index contributed by atoms with van der Waals surface area (Å²) in [5.74, 6) is 1.05. The Morgan fingerprint density at radius 1 is 0.951 bits per heavy atom. The first kappa shape index (κ1) is 29.2. The molecule has 0 radical (unpaired) electrons. The molecule has 214 valence electrons. The van der Waals surface area contributed by atoms with Gasteiger partial charge in [0.15, 0.2) is 0 Å². The summed E-state index contributed by atoms with van der Waals surface area (Å²) in [5.41, 5.74) is 3.97. The summed E-state index contributed by atoms with van der Waals surface area (Å²) in [6.07, 6.45) is 5.25. The summed E-state index contributed by atoms with van der Waals surface area (Å²) in [4.78, 5) is 17.3. The van der Waals surface area contributed by atoms with Crippen LogP contribution < -0.4 is 9.47 Å². The van der Waals surface area contributed by atoms with Gasteiger partial charge in [-0.2, -0.15) is 4.98 Å². The van der Waals surface area contributed by atoms with E-state index in [1.54, 1.807) is 24.5 Å². The topological polar surface area (TPSA) is 104 Å². The number of aromatic nitrogens is 5. The van der Waals surface area contributed by atoms with Crippen molar-refractivity contribution in [2.24, 2.45) is 0 Å². The van der Waals surface area contributed by atoms with Gasteiger partial charge in [-0.05, 0) is 53.0 Å². The second kappa shape index (κ2) is 12.7. The van der Waals surface area contributed by atoms with Crippen molar-refractivity contribution in [2.75, 3.05) is 19.8 Å². The first-order valence-corrected chi connectivity index (χ1v) is 17.7. The van der Waals surface area contributed by atoms with Gasteiger partial charge in [-0.25, -0.2) is 9.97 Å². The summed E-state index contributed by atoms with van der Waals surface area (Å²) in [5, 5.41) is 11.2. The number of nitrogens with zero attached hydrogens (tertiary/aromatic N) is 5. The van der Waals surface area contributed by atoms with E-state index in [1.165, 1.54) is 0 Å². The molecule has 0 saturated carbocycles. The van der Waals surface area contributed by atoms with Crippen LogP contribution >= 0.6 is 23.2 Å². The number of ether oxygens (including phenoxy) is 3. The molecule has 0 atom stereocenters. The quantitative estimate of drug-likeness (QED) is 0.0727. The molecule has 0 unspecified atom stereocenters. The van der Waals surface area contributed by atoms with E-state index in [9.17, 15) is 5.11 Å². The Morgan fingerprint density at radius 2 is 1.78 bits per heavy atom. The van der Waals surface area contributed by atoms with E-state index >= 15 is 0 Å². The van der Waals surface area contributed by atoms with E-state index in [1.807, 2.05) is 35.0 Å². The van der Waals surface area contributed by atoms with E-state index < -0.39 is 8.07 Å². The smallest absolute Gasteiger partial charge is 0.225 e. The Labute approximate surface area is 249 Å². The zero-order valence-electron chi connectivity index (χ0n) is 23.1. The summed E-state index contributed by atoms with van der Waals surface area (Å²) in [7, 11) is -1.21. The standard InChI is InChI=1S/C29H31Cl2N5O4Si/c1-41(2,3)11-10-38-18-36-16-23(26-27(30)34-29(31)35-28(26)36)20-4-5-24-21(13-20)14-22(15-33-24)39-8-9-40-25-12-19(17-37)6-7-32-25/h4-7,12-16,37H,8-11,17-18H2,1-3H3. The molecule has 1 N–H and O–H groups in total. The monoisotopic (exact) mass is 611 g/mol. The first-order chi connectivity index (χ1) is 19.7. The second-order valence-electron chi connectivity index (χ2n) is 10.8. The molecule has 0 aliphatic rings. The lowest BCUT2D eigenvalue weighted by Crippen LogP contribution is -2.22. The average molecular weight is 613 g/mol. The van der Waals surface area contributed by atoms with Gasteiger partial charge in [0.25, 0.3) is 0 Å². The van der Waals surface area contributed by atoms with Crippen LogP contribution in [0.5, 0.6) is 11.6 Å². The fraction of sp³-hybridized carbons (Fsp3) is 0.310. The first-order valence-electron chi connectivity index (χ1n) is 13.2. The molecule has 0 saturated heterocycles. The minimum atomic E-state index is -1.21. The largest absolute Gasteiger partial charge is 0.488 e. The predicted molar refractivity (Wildman–Crippen MR) is 164 cm³/mol. The van der Waals surface area contributed by atoms with Gasteiger partial charge in [0.2, 0.25) is 11.2 Å². The highest BCUT2D eigenvalue weighted by Crippen LogP contribution is 2.36. The van der Waals surface area contributed by atoms with Gasteiger partial charge in [-0.15, -0.1) is 0 Å². The zero-order valence-corrected chi connectivity index (χ0v) is 25.6. The van der Waals surface area contributed by atoms with Gasteiger partial charge in [0.05, 0.1) is 23.7 Å². The second-order valence-corrected chi connectivity index (χ2v) is 17.1. The third-order valence-corrected chi connectivity index (χ3v) is 8.57. The molecule has 4 aromatic heterocycles. The van der Waals surface area contributed by atoms with Crippen LogP contribution in [0.25, 0.3) is 33.1 Å². The van der Waals surface area contributed by atoms with Crippen LogP contribution in [-0.2, 0) is 18.1 Å². The van der Waals surface area contributed by atoms with Crippen LogP contribution in [-0.4, -0.2) is 57.5 Å². The van der Waals surface area contributed by atoms with E-state index in [0.29, 0.717) is 49.2 Å². The SMILES string of the molecule is C[Si](C)(C)CCOCn1cc(-c2ccc3ncc(OCCOc4cc(CO)ccn4)cc3c2)c2c(Cl)nc(Cl)nc21. The van der Waals surface area contributed by atoms with Crippen molar-refractivity contribution in [3.8, 4) is 22.8 Å². The van der Waals surface area contributed by atoms with E-state index in [-0.39, 0.29) is 17.0 Å². The van der Waals surface area contributed by atoms with E-state index in [4.69, 9.17) is 37.4 Å². The van der Waals surface area contributed by atoms with Crippen LogP contribution in [0.15, 0.2) is 55.0 Å². The fourth-order valence-electron chi connectivity index (χ4n) is 4.27. The molecule has 12 heteroatoms. The molecule has 41 heavy (non-hydrogen) atoms. The molecule has 0 fully saturated rings. The Bertz CT molecular complexity index is 1680. The maximum absolute atomic E-state index is 9.27. The highest BCUT2D eigenvalue weighted by atomic mass is 35.5. The van der Waals surface area contributed by atoms with Gasteiger partial charge in [-0.1, -0.05) is 37.3 Å². The third kappa shape index (κ3) is 7.33. The van der Waals surface area contributed by atoms with Crippen LogP contribution in [0.2, 0.25) is 36.1 Å². The zero-order chi connectivity index (χ0) is 29.0. The van der Waals surface area contributed by atoms with E-state index in [2.05, 4.69) is 39.6 Å². The molecule has 1 aromatic carbocycles. The van der Waals surface area contributed by atoms with Crippen molar-refractivity contribution in [1.82, 2.24) is 24.5 Å². The van der Waals surface area contributed by atoms with Gasteiger partial charge < -0.3 is 23.9 Å². The molecule has 5 rings (SSSR count). The molecular formula is C29H31Cl2N5O4Si. The molecule has 0 amide bonds. The number of hydrogen-bond acceptors (Lipinski definition) is 8. The average Bonchev–Trinajstić information content (AvgIpc) is 3.31. The lowest BCUT2D eigenvalue weighted by Gasteiger charge is -2.15. The summed E-state index contributed by atoms with van der Waals surface area (Å²) >= 11 is 12.8. The summed E-state index contributed by atoms with van der Waals surface area (Å²) < 4.78 is 19.4. The van der Waals surface area contributed by atoms with Crippen LogP contribution in [0.3, 0.4) is 0 Å². The predicted octanol–water partition coefficient (Wildman–Crippen LogP) is 6.61. The number of halogens is 2. The van der Waals surface area contributed by atoms with Crippen molar-refractivity contribution in [3.05, 3.63) is 71.0 Å².